The lowest BCUT2D eigenvalue weighted by Gasteiger charge is -2.30. The van der Waals surface area contributed by atoms with Gasteiger partial charge in [0.15, 0.2) is 0 Å². The molecule has 1 unspecified atom stereocenters. The van der Waals surface area contributed by atoms with E-state index in [9.17, 15) is 4.79 Å². The number of halogens is 1. The lowest BCUT2D eigenvalue weighted by Crippen LogP contribution is -2.39. The molecule has 1 saturated heterocycles. The topological polar surface area (TPSA) is 20.3 Å². The van der Waals surface area contributed by atoms with Gasteiger partial charge < -0.3 is 4.90 Å². The molecule has 0 radical (unpaired) electrons. The van der Waals surface area contributed by atoms with Gasteiger partial charge in [0.1, 0.15) is 0 Å². The molecule has 0 spiro atoms. The molecule has 0 aromatic carbocycles. The van der Waals surface area contributed by atoms with Crippen molar-refractivity contribution in [1.29, 1.82) is 0 Å². The Labute approximate surface area is 95.2 Å². The Morgan fingerprint density at radius 2 is 2.07 bits per heavy atom. The Morgan fingerprint density at radius 1 is 1.50 bits per heavy atom. The maximum atomic E-state index is 11.8. The molecule has 1 aliphatic heterocycles. The highest BCUT2D eigenvalue weighted by Gasteiger charge is 2.21. The Bertz CT molecular complexity index is 188. The quantitative estimate of drug-likeness (QED) is 0.716. The van der Waals surface area contributed by atoms with Crippen molar-refractivity contribution in [3.05, 3.63) is 0 Å². The number of hydrogen-bond acceptors (Lipinski definition) is 1. The zero-order valence-electron chi connectivity index (χ0n) is 9.13. The maximum absolute atomic E-state index is 11.8. The van der Waals surface area contributed by atoms with Gasteiger partial charge in [-0.1, -0.05) is 36.2 Å². The van der Waals surface area contributed by atoms with Gasteiger partial charge in [-0.2, -0.15) is 0 Å². The molecule has 0 N–H and O–H groups in total. The summed E-state index contributed by atoms with van der Waals surface area (Å²) in [5, 5.41) is 0. The van der Waals surface area contributed by atoms with Crippen molar-refractivity contribution in [3.63, 3.8) is 0 Å². The highest BCUT2D eigenvalue weighted by atomic mass is 79.9. The van der Waals surface area contributed by atoms with Crippen molar-refractivity contribution in [2.75, 3.05) is 13.1 Å². The molecular formula is C11H20BrNO. The van der Waals surface area contributed by atoms with Crippen LogP contribution in [-0.4, -0.2) is 28.7 Å². The van der Waals surface area contributed by atoms with Gasteiger partial charge in [-0.05, 0) is 18.8 Å². The third kappa shape index (κ3) is 3.60. The van der Waals surface area contributed by atoms with Crippen LogP contribution in [0.2, 0.25) is 0 Å². The highest BCUT2D eigenvalue weighted by molar-refractivity contribution is 9.09. The third-order valence-corrected chi connectivity index (χ3v) is 3.91. The van der Waals surface area contributed by atoms with Crippen LogP contribution in [0.1, 0.15) is 39.5 Å². The summed E-state index contributed by atoms with van der Waals surface area (Å²) in [6.45, 7) is 6.16. The molecule has 1 aliphatic rings. The van der Waals surface area contributed by atoms with E-state index in [1.807, 2.05) is 4.90 Å². The number of piperidine rings is 1. The van der Waals surface area contributed by atoms with E-state index in [0.29, 0.717) is 16.7 Å². The average molecular weight is 262 g/mol. The van der Waals surface area contributed by atoms with Crippen LogP contribution in [0.25, 0.3) is 0 Å². The first-order valence-corrected chi connectivity index (χ1v) is 6.47. The summed E-state index contributed by atoms with van der Waals surface area (Å²) in [4.78, 5) is 14.4. The van der Waals surface area contributed by atoms with E-state index < -0.39 is 0 Å². The summed E-state index contributed by atoms with van der Waals surface area (Å²) in [6.07, 6.45) is 4.03. The Hall–Kier alpha value is -0.0500. The van der Waals surface area contributed by atoms with Crippen molar-refractivity contribution < 1.29 is 4.79 Å². The Kier molecular flexibility index (Phi) is 4.93. The van der Waals surface area contributed by atoms with E-state index in [4.69, 9.17) is 0 Å². The molecule has 82 valence electrons. The molecular weight excluding hydrogens is 242 g/mol. The number of alkyl halides is 1. The number of hydrogen-bond donors (Lipinski definition) is 0. The molecule has 0 saturated carbocycles. The van der Waals surface area contributed by atoms with E-state index in [1.165, 1.54) is 0 Å². The minimum atomic E-state index is 0.346. The molecule has 0 aromatic heterocycles. The standard InChI is InChI=1S/C11H20BrNO/c1-3-9(2)8-11(14)13-6-4-10(12)5-7-13/h9-10H,3-8H2,1-2H3. The summed E-state index contributed by atoms with van der Waals surface area (Å²) in [6, 6.07) is 0. The van der Waals surface area contributed by atoms with E-state index in [0.717, 1.165) is 38.8 Å². The van der Waals surface area contributed by atoms with Crippen molar-refractivity contribution in [3.8, 4) is 0 Å². The third-order valence-electron chi connectivity index (χ3n) is 3.00. The molecule has 1 heterocycles. The molecule has 14 heavy (non-hydrogen) atoms. The van der Waals surface area contributed by atoms with Crippen molar-refractivity contribution >= 4 is 21.8 Å². The van der Waals surface area contributed by atoms with E-state index >= 15 is 0 Å². The minimum Gasteiger partial charge on any atom is -0.343 e. The van der Waals surface area contributed by atoms with Gasteiger partial charge in [0.25, 0.3) is 0 Å². The zero-order chi connectivity index (χ0) is 10.6. The molecule has 3 heteroatoms. The normalized spacial score (nSPS) is 20.9. The smallest absolute Gasteiger partial charge is 0.222 e. The van der Waals surface area contributed by atoms with Crippen LogP contribution in [0.5, 0.6) is 0 Å². The second kappa shape index (κ2) is 5.74. The van der Waals surface area contributed by atoms with Crippen LogP contribution >= 0.6 is 15.9 Å². The first kappa shape index (κ1) is 12.0. The molecule has 1 atom stereocenters. The van der Waals surface area contributed by atoms with Crippen LogP contribution in [0.15, 0.2) is 0 Å². The maximum Gasteiger partial charge on any atom is 0.222 e. The lowest BCUT2D eigenvalue weighted by molar-refractivity contribution is -0.132. The predicted octanol–water partition coefficient (Wildman–Crippen LogP) is 2.81. The lowest BCUT2D eigenvalue weighted by atomic mass is 10.0. The number of nitrogens with zero attached hydrogens (tertiary/aromatic N) is 1. The van der Waals surface area contributed by atoms with Gasteiger partial charge in [0.2, 0.25) is 5.91 Å². The average Bonchev–Trinajstić information content (AvgIpc) is 2.18. The zero-order valence-corrected chi connectivity index (χ0v) is 10.7. The summed E-state index contributed by atoms with van der Waals surface area (Å²) in [7, 11) is 0. The van der Waals surface area contributed by atoms with Crippen LogP contribution in [-0.2, 0) is 4.79 Å². The number of rotatable bonds is 3. The SMILES string of the molecule is CCC(C)CC(=O)N1CCC(Br)CC1. The molecule has 1 fully saturated rings. The number of amides is 1. The van der Waals surface area contributed by atoms with E-state index in [-0.39, 0.29) is 0 Å². The minimum absolute atomic E-state index is 0.346. The molecule has 0 aliphatic carbocycles. The van der Waals surface area contributed by atoms with Gasteiger partial charge >= 0.3 is 0 Å². The Balaban J connectivity index is 2.30. The van der Waals surface area contributed by atoms with Crippen LogP contribution in [0.3, 0.4) is 0 Å². The van der Waals surface area contributed by atoms with Gasteiger partial charge in [-0.15, -0.1) is 0 Å². The summed E-state index contributed by atoms with van der Waals surface area (Å²) < 4.78 is 0. The Morgan fingerprint density at radius 3 is 2.57 bits per heavy atom. The van der Waals surface area contributed by atoms with Crippen molar-refractivity contribution in [1.82, 2.24) is 4.90 Å². The summed E-state index contributed by atoms with van der Waals surface area (Å²) in [5.74, 6) is 0.878. The molecule has 0 aromatic rings. The van der Waals surface area contributed by atoms with Gasteiger partial charge in [-0.25, -0.2) is 0 Å². The summed E-state index contributed by atoms with van der Waals surface area (Å²) >= 11 is 3.59. The first-order chi connectivity index (χ1) is 6.63. The van der Waals surface area contributed by atoms with E-state index in [2.05, 4.69) is 29.8 Å². The fraction of sp³-hybridized carbons (Fsp3) is 0.909. The van der Waals surface area contributed by atoms with E-state index in [1.54, 1.807) is 0 Å². The summed E-state index contributed by atoms with van der Waals surface area (Å²) in [5.41, 5.74) is 0. The molecule has 2 nitrogen and oxygen atoms in total. The predicted molar refractivity (Wildman–Crippen MR) is 62.6 cm³/mol. The van der Waals surface area contributed by atoms with Crippen LogP contribution < -0.4 is 0 Å². The first-order valence-electron chi connectivity index (χ1n) is 5.55. The molecule has 1 rings (SSSR count). The number of carbonyl (C=O) groups is 1. The van der Waals surface area contributed by atoms with Gasteiger partial charge in [0, 0.05) is 24.3 Å². The van der Waals surface area contributed by atoms with Crippen molar-refractivity contribution in [2.24, 2.45) is 5.92 Å². The largest absolute Gasteiger partial charge is 0.343 e. The fourth-order valence-corrected chi connectivity index (χ4v) is 2.08. The van der Waals surface area contributed by atoms with Crippen LogP contribution in [0.4, 0.5) is 0 Å². The highest BCUT2D eigenvalue weighted by Crippen LogP contribution is 2.19. The molecule has 0 bridgehead atoms. The van der Waals surface area contributed by atoms with Gasteiger partial charge in [-0.3, -0.25) is 4.79 Å². The second-order valence-corrected chi connectivity index (χ2v) is 5.57. The van der Waals surface area contributed by atoms with Crippen molar-refractivity contribution in [2.45, 2.75) is 44.4 Å². The molecule has 1 amide bonds. The number of likely N-dealkylation sites (tertiary alicyclic amines) is 1. The van der Waals surface area contributed by atoms with Crippen LogP contribution in [0, 0.1) is 5.92 Å². The fourth-order valence-electron chi connectivity index (χ4n) is 1.67. The van der Waals surface area contributed by atoms with Gasteiger partial charge in [0.05, 0.1) is 0 Å². The second-order valence-electron chi connectivity index (χ2n) is 4.27. The number of carbonyl (C=O) groups excluding carboxylic acids is 1. The monoisotopic (exact) mass is 261 g/mol.